The number of aromatic nitrogens is 4. The van der Waals surface area contributed by atoms with Crippen LogP contribution in [0.15, 0.2) is 18.6 Å². The lowest BCUT2D eigenvalue weighted by Gasteiger charge is -2.34. The van der Waals surface area contributed by atoms with E-state index in [2.05, 4.69) is 26.8 Å². The normalized spacial score (nSPS) is 20.8. The summed E-state index contributed by atoms with van der Waals surface area (Å²) in [6.45, 7) is 5.87. The Bertz CT molecular complexity index is 784. The van der Waals surface area contributed by atoms with Gasteiger partial charge in [0.15, 0.2) is 0 Å². The molecule has 25 heavy (non-hydrogen) atoms. The van der Waals surface area contributed by atoms with E-state index in [1.165, 1.54) is 0 Å². The van der Waals surface area contributed by atoms with Crippen LogP contribution in [-0.4, -0.2) is 55.9 Å². The number of carbonyl (C=O) groups is 1. The molecule has 1 aliphatic rings. The molecule has 0 bridgehead atoms. The van der Waals surface area contributed by atoms with E-state index in [0.29, 0.717) is 5.69 Å². The fourth-order valence-electron chi connectivity index (χ4n) is 3.41. The van der Waals surface area contributed by atoms with Gasteiger partial charge in [-0.05, 0) is 39.3 Å². The minimum atomic E-state index is -0.280. The summed E-state index contributed by atoms with van der Waals surface area (Å²) in [6.07, 6.45) is 5.78. The molecule has 1 atom stereocenters. The number of likely N-dealkylation sites (tertiary alicyclic amines) is 1. The Balaban J connectivity index is 1.95. The quantitative estimate of drug-likeness (QED) is 0.846. The van der Waals surface area contributed by atoms with E-state index in [1.54, 1.807) is 25.1 Å². The lowest BCUT2D eigenvalue weighted by Crippen LogP contribution is -2.40. The number of imidazole rings is 1. The van der Waals surface area contributed by atoms with E-state index >= 15 is 0 Å². The van der Waals surface area contributed by atoms with Crippen LogP contribution in [0, 0.1) is 6.92 Å². The smallest absolute Gasteiger partial charge is 0.272 e. The maximum absolute atomic E-state index is 12.4. The summed E-state index contributed by atoms with van der Waals surface area (Å²) in [4.78, 5) is 29.8. The Hall–Kier alpha value is -2.28. The first kappa shape index (κ1) is 17.5. The molecule has 3 rings (SSSR count). The molecule has 0 aromatic carbocycles. The zero-order valence-electron chi connectivity index (χ0n) is 15.7. The third-order valence-corrected chi connectivity index (χ3v) is 5.02. The number of amides is 1. The monoisotopic (exact) mass is 342 g/mol. The number of carbonyl (C=O) groups excluding carboxylic acids is 1. The molecule has 0 aliphatic carbocycles. The zero-order valence-corrected chi connectivity index (χ0v) is 15.7. The standard InChI is InChI=1S/C18H26N6O/c1-13-9-15(16(25)22(3)4)21-17(20-13)18(2)7-6-8-24(18)11-14-10-19-12-23(14)5/h9-10,12H,6-8,11H2,1-5H3/t18-/m1/s1. The molecule has 1 aliphatic heterocycles. The van der Waals surface area contributed by atoms with Crippen LogP contribution >= 0.6 is 0 Å². The van der Waals surface area contributed by atoms with Crippen LogP contribution in [-0.2, 0) is 19.1 Å². The first-order valence-electron chi connectivity index (χ1n) is 8.59. The topological polar surface area (TPSA) is 67.2 Å². The maximum Gasteiger partial charge on any atom is 0.272 e. The van der Waals surface area contributed by atoms with Crippen LogP contribution in [0.2, 0.25) is 0 Å². The van der Waals surface area contributed by atoms with Gasteiger partial charge in [-0.1, -0.05) is 0 Å². The SMILES string of the molecule is Cc1cc(C(=O)N(C)C)nc([C@@]2(C)CCCN2Cc2cncn2C)n1. The van der Waals surface area contributed by atoms with Gasteiger partial charge in [-0.2, -0.15) is 0 Å². The van der Waals surface area contributed by atoms with Crippen molar-refractivity contribution in [2.24, 2.45) is 7.05 Å². The highest BCUT2D eigenvalue weighted by Crippen LogP contribution is 2.37. The van der Waals surface area contributed by atoms with Gasteiger partial charge in [-0.3, -0.25) is 9.69 Å². The van der Waals surface area contributed by atoms with Gasteiger partial charge in [-0.15, -0.1) is 0 Å². The van der Waals surface area contributed by atoms with Gasteiger partial charge in [0, 0.05) is 39.6 Å². The fourth-order valence-corrected chi connectivity index (χ4v) is 3.41. The van der Waals surface area contributed by atoms with Gasteiger partial charge in [0.05, 0.1) is 17.6 Å². The average Bonchev–Trinajstić information content (AvgIpc) is 3.14. The Morgan fingerprint density at radius 2 is 2.12 bits per heavy atom. The highest BCUT2D eigenvalue weighted by Gasteiger charge is 2.41. The van der Waals surface area contributed by atoms with E-state index in [-0.39, 0.29) is 11.4 Å². The summed E-state index contributed by atoms with van der Waals surface area (Å²) in [5.41, 5.74) is 2.16. The largest absolute Gasteiger partial charge is 0.343 e. The van der Waals surface area contributed by atoms with Gasteiger partial charge in [-0.25, -0.2) is 15.0 Å². The van der Waals surface area contributed by atoms with Crippen LogP contribution in [0.1, 0.15) is 47.5 Å². The van der Waals surface area contributed by atoms with Gasteiger partial charge < -0.3 is 9.47 Å². The van der Waals surface area contributed by atoms with Crippen molar-refractivity contribution in [1.82, 2.24) is 29.3 Å². The van der Waals surface area contributed by atoms with E-state index in [1.807, 2.05) is 31.1 Å². The van der Waals surface area contributed by atoms with E-state index in [9.17, 15) is 4.79 Å². The van der Waals surface area contributed by atoms with Gasteiger partial charge >= 0.3 is 0 Å². The molecule has 1 fully saturated rings. The van der Waals surface area contributed by atoms with Gasteiger partial charge in [0.25, 0.3) is 5.91 Å². The van der Waals surface area contributed by atoms with Crippen molar-refractivity contribution in [2.75, 3.05) is 20.6 Å². The molecule has 134 valence electrons. The van der Waals surface area contributed by atoms with Crippen molar-refractivity contribution in [3.63, 3.8) is 0 Å². The van der Waals surface area contributed by atoms with Crippen molar-refractivity contribution in [3.8, 4) is 0 Å². The molecule has 0 N–H and O–H groups in total. The number of hydrogen-bond donors (Lipinski definition) is 0. The second-order valence-corrected chi connectivity index (χ2v) is 7.21. The second-order valence-electron chi connectivity index (χ2n) is 7.21. The molecule has 1 amide bonds. The van der Waals surface area contributed by atoms with Crippen LogP contribution in [0.3, 0.4) is 0 Å². The molecule has 2 aromatic heterocycles. The highest BCUT2D eigenvalue weighted by atomic mass is 16.2. The lowest BCUT2D eigenvalue weighted by atomic mass is 9.97. The minimum absolute atomic E-state index is 0.0912. The molecule has 0 saturated carbocycles. The molecule has 0 unspecified atom stereocenters. The van der Waals surface area contributed by atoms with Crippen LogP contribution < -0.4 is 0 Å². The minimum Gasteiger partial charge on any atom is -0.343 e. The van der Waals surface area contributed by atoms with E-state index < -0.39 is 0 Å². The molecule has 0 radical (unpaired) electrons. The zero-order chi connectivity index (χ0) is 18.2. The molecule has 1 saturated heterocycles. The molecule has 0 spiro atoms. The fraction of sp³-hybridized carbons (Fsp3) is 0.556. The third kappa shape index (κ3) is 3.28. The highest BCUT2D eigenvalue weighted by molar-refractivity contribution is 5.92. The summed E-state index contributed by atoms with van der Waals surface area (Å²) < 4.78 is 2.04. The first-order chi connectivity index (χ1) is 11.8. The van der Waals surface area contributed by atoms with Crippen LogP contribution in [0.4, 0.5) is 0 Å². The summed E-state index contributed by atoms with van der Waals surface area (Å²) in [7, 11) is 5.49. The second kappa shape index (κ2) is 6.55. The molecule has 7 nitrogen and oxygen atoms in total. The predicted molar refractivity (Wildman–Crippen MR) is 95.0 cm³/mol. The molecule has 2 aromatic rings. The Labute approximate surface area is 148 Å². The molecular weight excluding hydrogens is 316 g/mol. The van der Waals surface area contributed by atoms with Crippen LogP contribution in [0.25, 0.3) is 0 Å². The third-order valence-electron chi connectivity index (χ3n) is 5.02. The summed E-state index contributed by atoms with van der Waals surface area (Å²) in [6, 6.07) is 1.76. The number of rotatable bonds is 4. The average molecular weight is 342 g/mol. The molecular formula is C18H26N6O. The molecule has 7 heteroatoms. The maximum atomic E-state index is 12.4. The number of nitrogens with zero attached hydrogens (tertiary/aromatic N) is 6. The molecule has 3 heterocycles. The van der Waals surface area contributed by atoms with Crippen LogP contribution in [0.5, 0.6) is 0 Å². The van der Waals surface area contributed by atoms with E-state index in [0.717, 1.165) is 43.1 Å². The van der Waals surface area contributed by atoms with Crippen molar-refractivity contribution >= 4 is 5.91 Å². The van der Waals surface area contributed by atoms with Crippen molar-refractivity contribution in [1.29, 1.82) is 0 Å². The van der Waals surface area contributed by atoms with Crippen molar-refractivity contribution < 1.29 is 4.79 Å². The van der Waals surface area contributed by atoms with Crippen molar-refractivity contribution in [3.05, 3.63) is 41.5 Å². The lowest BCUT2D eigenvalue weighted by molar-refractivity contribution is 0.0818. The Morgan fingerprint density at radius 1 is 1.36 bits per heavy atom. The summed E-state index contributed by atoms with van der Waals surface area (Å²) in [5.74, 6) is 0.642. The van der Waals surface area contributed by atoms with Crippen molar-refractivity contribution in [2.45, 2.75) is 38.8 Å². The number of aryl methyl sites for hydroxylation is 2. The Morgan fingerprint density at radius 3 is 2.76 bits per heavy atom. The van der Waals surface area contributed by atoms with Gasteiger partial charge in [0.1, 0.15) is 11.5 Å². The predicted octanol–water partition coefficient (Wildman–Crippen LogP) is 1.73. The summed E-state index contributed by atoms with van der Waals surface area (Å²) >= 11 is 0. The van der Waals surface area contributed by atoms with Gasteiger partial charge in [0.2, 0.25) is 0 Å². The van der Waals surface area contributed by atoms with E-state index in [4.69, 9.17) is 0 Å². The summed E-state index contributed by atoms with van der Waals surface area (Å²) in [5, 5.41) is 0. The number of hydrogen-bond acceptors (Lipinski definition) is 5. The Kier molecular flexibility index (Phi) is 4.60. The first-order valence-corrected chi connectivity index (χ1v) is 8.59.